The van der Waals surface area contributed by atoms with Crippen molar-refractivity contribution in [2.75, 3.05) is 12.4 Å². The number of rotatable bonds is 5. The van der Waals surface area contributed by atoms with E-state index in [-0.39, 0.29) is 0 Å². The molecule has 2 nitrogen and oxygen atoms in total. The van der Waals surface area contributed by atoms with E-state index in [0.29, 0.717) is 6.61 Å². The first-order valence-electron chi connectivity index (χ1n) is 4.07. The third kappa shape index (κ3) is 3.74. The maximum absolute atomic E-state index is 8.54. The molecule has 66 valence electrons. The third-order valence-electron chi connectivity index (χ3n) is 1.46. The zero-order chi connectivity index (χ0) is 8.65. The largest absolute Gasteiger partial charge is 0.396 e. The van der Waals surface area contributed by atoms with Gasteiger partial charge in [-0.05, 0) is 30.7 Å². The molecule has 1 aromatic rings. The van der Waals surface area contributed by atoms with E-state index >= 15 is 0 Å². The fraction of sp³-hybridized carbons (Fsp3) is 0.444. The molecule has 0 unspecified atom stereocenters. The summed E-state index contributed by atoms with van der Waals surface area (Å²) >= 11 is 1.79. The van der Waals surface area contributed by atoms with Crippen LogP contribution in [0.5, 0.6) is 0 Å². The Bertz CT molecular complexity index is 203. The van der Waals surface area contributed by atoms with Crippen molar-refractivity contribution in [3.63, 3.8) is 0 Å². The number of hydrogen-bond acceptors (Lipinski definition) is 3. The second-order valence-electron chi connectivity index (χ2n) is 2.47. The molecule has 0 atom stereocenters. The highest BCUT2D eigenvalue weighted by molar-refractivity contribution is 7.99. The van der Waals surface area contributed by atoms with Crippen LogP contribution < -0.4 is 0 Å². The zero-order valence-corrected chi connectivity index (χ0v) is 7.76. The van der Waals surface area contributed by atoms with Crippen LogP contribution in [0.15, 0.2) is 29.4 Å². The zero-order valence-electron chi connectivity index (χ0n) is 6.94. The summed E-state index contributed by atoms with van der Waals surface area (Å²) in [6.45, 7) is 0.299. The van der Waals surface area contributed by atoms with Gasteiger partial charge in [-0.3, -0.25) is 4.98 Å². The fourth-order valence-corrected chi connectivity index (χ4v) is 1.73. The van der Waals surface area contributed by atoms with Gasteiger partial charge in [-0.1, -0.05) is 0 Å². The number of aliphatic hydroxyl groups excluding tert-OH is 1. The molecule has 0 aromatic carbocycles. The quantitative estimate of drug-likeness (QED) is 0.559. The molecule has 0 aliphatic carbocycles. The summed E-state index contributed by atoms with van der Waals surface area (Å²) in [5, 5.41) is 8.54. The number of aliphatic hydroxyl groups is 1. The Kier molecular flexibility index (Phi) is 4.80. The van der Waals surface area contributed by atoms with Crippen molar-refractivity contribution < 1.29 is 5.11 Å². The summed E-state index contributed by atoms with van der Waals surface area (Å²) < 4.78 is 0. The number of hydrogen-bond donors (Lipinski definition) is 1. The highest BCUT2D eigenvalue weighted by Gasteiger charge is 1.91. The smallest absolute Gasteiger partial charge is 0.0431 e. The van der Waals surface area contributed by atoms with E-state index in [1.807, 2.05) is 12.3 Å². The van der Waals surface area contributed by atoms with Gasteiger partial charge in [-0.2, -0.15) is 0 Å². The van der Waals surface area contributed by atoms with Gasteiger partial charge in [0.25, 0.3) is 0 Å². The fourth-order valence-electron chi connectivity index (χ4n) is 0.836. The van der Waals surface area contributed by atoms with E-state index in [9.17, 15) is 0 Å². The first kappa shape index (κ1) is 9.55. The molecule has 0 spiro atoms. The number of aromatic nitrogens is 1. The predicted molar refractivity (Wildman–Crippen MR) is 51.3 cm³/mol. The van der Waals surface area contributed by atoms with Crippen LogP contribution in [-0.4, -0.2) is 22.5 Å². The first-order chi connectivity index (χ1) is 5.93. The molecule has 1 rings (SSSR count). The standard InChI is InChI=1S/C9H13NOS/c11-6-1-2-7-12-9-4-3-5-10-8-9/h3-5,8,11H,1-2,6-7H2. The topological polar surface area (TPSA) is 33.1 Å². The molecule has 1 N–H and O–H groups in total. The Morgan fingerprint density at radius 1 is 1.42 bits per heavy atom. The molecule has 0 radical (unpaired) electrons. The Labute approximate surface area is 77.0 Å². The van der Waals surface area contributed by atoms with Crippen LogP contribution in [0, 0.1) is 0 Å². The van der Waals surface area contributed by atoms with Gasteiger partial charge in [0.05, 0.1) is 0 Å². The average Bonchev–Trinajstić information content (AvgIpc) is 2.14. The Balaban J connectivity index is 2.16. The van der Waals surface area contributed by atoms with Crippen molar-refractivity contribution >= 4 is 11.8 Å². The van der Waals surface area contributed by atoms with Crippen molar-refractivity contribution in [1.82, 2.24) is 4.98 Å². The van der Waals surface area contributed by atoms with E-state index in [0.717, 1.165) is 18.6 Å². The van der Waals surface area contributed by atoms with Gasteiger partial charge in [-0.15, -0.1) is 11.8 Å². The summed E-state index contributed by atoms with van der Waals surface area (Å²) in [7, 11) is 0. The average molecular weight is 183 g/mol. The molecule has 0 aliphatic heterocycles. The maximum Gasteiger partial charge on any atom is 0.0431 e. The predicted octanol–water partition coefficient (Wildman–Crippen LogP) is 1.95. The van der Waals surface area contributed by atoms with Gasteiger partial charge < -0.3 is 5.11 Å². The monoisotopic (exact) mass is 183 g/mol. The normalized spacial score (nSPS) is 10.1. The lowest BCUT2D eigenvalue weighted by Gasteiger charge is -1.98. The minimum absolute atomic E-state index is 0.299. The Morgan fingerprint density at radius 2 is 2.33 bits per heavy atom. The minimum Gasteiger partial charge on any atom is -0.396 e. The second-order valence-corrected chi connectivity index (χ2v) is 3.64. The lowest BCUT2D eigenvalue weighted by molar-refractivity contribution is 0.287. The molecule has 12 heavy (non-hydrogen) atoms. The van der Waals surface area contributed by atoms with Crippen molar-refractivity contribution in [2.45, 2.75) is 17.7 Å². The molecule has 0 saturated heterocycles. The summed E-state index contributed by atoms with van der Waals surface area (Å²) in [6.07, 6.45) is 5.60. The third-order valence-corrected chi connectivity index (χ3v) is 2.52. The maximum atomic E-state index is 8.54. The van der Waals surface area contributed by atoms with Crippen LogP contribution in [0.3, 0.4) is 0 Å². The summed E-state index contributed by atoms with van der Waals surface area (Å²) in [5.74, 6) is 1.06. The van der Waals surface area contributed by atoms with E-state index in [1.165, 1.54) is 4.90 Å². The van der Waals surface area contributed by atoms with E-state index in [1.54, 1.807) is 18.0 Å². The summed E-state index contributed by atoms with van der Waals surface area (Å²) in [5.41, 5.74) is 0. The molecule has 0 bridgehead atoms. The van der Waals surface area contributed by atoms with Gasteiger partial charge in [0, 0.05) is 23.9 Å². The SMILES string of the molecule is OCCCCSc1cccnc1. The second kappa shape index (κ2) is 6.03. The van der Waals surface area contributed by atoms with Crippen molar-refractivity contribution in [1.29, 1.82) is 0 Å². The molecule has 0 fully saturated rings. The highest BCUT2D eigenvalue weighted by atomic mass is 32.2. The van der Waals surface area contributed by atoms with Crippen molar-refractivity contribution in [3.05, 3.63) is 24.5 Å². The van der Waals surface area contributed by atoms with Crippen LogP contribution in [-0.2, 0) is 0 Å². The van der Waals surface area contributed by atoms with Gasteiger partial charge >= 0.3 is 0 Å². The highest BCUT2D eigenvalue weighted by Crippen LogP contribution is 2.16. The van der Waals surface area contributed by atoms with Crippen LogP contribution in [0.4, 0.5) is 0 Å². The Hall–Kier alpha value is -0.540. The van der Waals surface area contributed by atoms with Gasteiger partial charge in [-0.25, -0.2) is 0 Å². The molecule has 1 heterocycles. The van der Waals surface area contributed by atoms with Gasteiger partial charge in [0.1, 0.15) is 0 Å². The molecule has 0 amide bonds. The molecular formula is C9H13NOS. The number of nitrogens with zero attached hydrogens (tertiary/aromatic N) is 1. The molecular weight excluding hydrogens is 170 g/mol. The lowest BCUT2D eigenvalue weighted by Crippen LogP contribution is -1.85. The first-order valence-corrected chi connectivity index (χ1v) is 5.06. The lowest BCUT2D eigenvalue weighted by atomic mass is 10.4. The summed E-state index contributed by atoms with van der Waals surface area (Å²) in [6, 6.07) is 3.99. The molecule has 3 heteroatoms. The van der Waals surface area contributed by atoms with E-state index in [2.05, 4.69) is 11.1 Å². The van der Waals surface area contributed by atoms with E-state index < -0.39 is 0 Å². The number of pyridine rings is 1. The van der Waals surface area contributed by atoms with Gasteiger partial charge in [0.15, 0.2) is 0 Å². The van der Waals surface area contributed by atoms with Crippen LogP contribution in [0.25, 0.3) is 0 Å². The van der Waals surface area contributed by atoms with Gasteiger partial charge in [0.2, 0.25) is 0 Å². The Morgan fingerprint density at radius 3 is 3.00 bits per heavy atom. The van der Waals surface area contributed by atoms with Crippen molar-refractivity contribution in [3.8, 4) is 0 Å². The minimum atomic E-state index is 0.299. The van der Waals surface area contributed by atoms with E-state index in [4.69, 9.17) is 5.11 Å². The van der Waals surface area contributed by atoms with Crippen LogP contribution in [0.2, 0.25) is 0 Å². The van der Waals surface area contributed by atoms with Crippen molar-refractivity contribution in [2.24, 2.45) is 0 Å². The number of thioether (sulfide) groups is 1. The van der Waals surface area contributed by atoms with Crippen LogP contribution in [0.1, 0.15) is 12.8 Å². The van der Waals surface area contributed by atoms with Crippen LogP contribution >= 0.6 is 11.8 Å². The molecule has 1 aromatic heterocycles. The molecule has 0 saturated carbocycles. The molecule has 0 aliphatic rings. The number of unbranched alkanes of at least 4 members (excludes halogenated alkanes) is 1. The summed E-state index contributed by atoms with van der Waals surface area (Å²) in [4.78, 5) is 5.22.